The Morgan fingerprint density at radius 2 is 1.47 bits per heavy atom. The van der Waals surface area contributed by atoms with Crippen LogP contribution in [0.25, 0.3) is 0 Å². The molecule has 4 nitrogen and oxygen atoms in total. The Labute approximate surface area is 215 Å². The number of amides is 2. The van der Waals surface area contributed by atoms with Gasteiger partial charge in [0.25, 0.3) is 0 Å². The lowest BCUT2D eigenvalue weighted by Gasteiger charge is -2.60. The Kier molecular flexibility index (Phi) is 5.97. The molecule has 4 heteroatoms. The fourth-order valence-corrected chi connectivity index (χ4v) is 9.03. The van der Waals surface area contributed by atoms with Crippen LogP contribution in [0.1, 0.15) is 82.4 Å². The lowest BCUT2D eigenvalue weighted by atomic mass is 9.47. The molecular formula is C32H40N2O2. The molecule has 3 saturated carbocycles. The molecule has 7 atom stereocenters. The van der Waals surface area contributed by atoms with E-state index in [0.717, 1.165) is 43.2 Å². The SMILES string of the molecule is C[C@]12CCC3C(CC[C@H]4NC(=O)CC[C@]34C)C1CC[C@@H]2C(=O)NC(c1ccccc1)c1ccccc1. The van der Waals surface area contributed by atoms with Crippen LogP contribution in [0.3, 0.4) is 0 Å². The standard InChI is InChI=1S/C32H40N2O2/c1-31-19-17-25-23(13-16-27-32(25,2)20-18-28(35)33-27)24(31)14-15-26(31)30(36)34-29(21-9-5-3-6-10-21)22-11-7-4-8-12-22/h3-12,23-27,29H,13-20H2,1-2H3,(H,33,35)(H,34,36)/t23?,24?,25?,26-,27-,31+,32-/m1/s1. The molecule has 0 spiro atoms. The van der Waals surface area contributed by atoms with Crippen molar-refractivity contribution in [2.75, 3.05) is 0 Å². The molecule has 2 aromatic carbocycles. The van der Waals surface area contributed by atoms with Crippen LogP contribution in [-0.2, 0) is 9.59 Å². The highest BCUT2D eigenvalue weighted by Gasteiger charge is 2.61. The third-order valence-electron chi connectivity index (χ3n) is 11.0. The van der Waals surface area contributed by atoms with Crippen molar-refractivity contribution in [3.63, 3.8) is 0 Å². The van der Waals surface area contributed by atoms with Crippen LogP contribution in [-0.4, -0.2) is 17.9 Å². The summed E-state index contributed by atoms with van der Waals surface area (Å²) >= 11 is 0. The number of hydrogen-bond donors (Lipinski definition) is 2. The monoisotopic (exact) mass is 484 g/mol. The van der Waals surface area contributed by atoms with E-state index in [2.05, 4.69) is 73.0 Å². The van der Waals surface area contributed by atoms with E-state index in [9.17, 15) is 9.59 Å². The predicted octanol–water partition coefficient (Wildman–Crippen LogP) is 6.03. The van der Waals surface area contributed by atoms with Crippen molar-refractivity contribution in [2.45, 2.75) is 77.3 Å². The first-order valence-corrected chi connectivity index (χ1v) is 14.1. The first kappa shape index (κ1) is 23.8. The number of carbonyl (C=O) groups is 2. The van der Waals surface area contributed by atoms with Crippen molar-refractivity contribution >= 4 is 11.8 Å². The third-order valence-corrected chi connectivity index (χ3v) is 11.0. The van der Waals surface area contributed by atoms with Crippen molar-refractivity contribution in [1.29, 1.82) is 0 Å². The van der Waals surface area contributed by atoms with Gasteiger partial charge in [-0.2, -0.15) is 0 Å². The minimum absolute atomic E-state index is 0.0598. The van der Waals surface area contributed by atoms with E-state index in [0.29, 0.717) is 30.2 Å². The van der Waals surface area contributed by atoms with E-state index < -0.39 is 0 Å². The number of benzene rings is 2. The third kappa shape index (κ3) is 3.79. The summed E-state index contributed by atoms with van der Waals surface area (Å²) in [4.78, 5) is 26.1. The average Bonchev–Trinajstić information content (AvgIpc) is 3.26. The van der Waals surface area contributed by atoms with Crippen molar-refractivity contribution in [1.82, 2.24) is 10.6 Å². The Morgan fingerprint density at radius 3 is 2.14 bits per heavy atom. The number of nitrogens with one attached hydrogen (secondary N) is 2. The molecule has 1 heterocycles. The molecule has 1 saturated heterocycles. The van der Waals surface area contributed by atoms with Gasteiger partial charge in [-0.15, -0.1) is 0 Å². The second-order valence-electron chi connectivity index (χ2n) is 12.5. The lowest BCUT2D eigenvalue weighted by Crippen LogP contribution is -2.61. The summed E-state index contributed by atoms with van der Waals surface area (Å²) in [6.45, 7) is 4.86. The van der Waals surface area contributed by atoms with Gasteiger partial charge in [-0.1, -0.05) is 74.5 Å². The molecule has 4 aliphatic rings. The van der Waals surface area contributed by atoms with E-state index >= 15 is 0 Å². The second kappa shape index (κ2) is 9.04. The highest BCUT2D eigenvalue weighted by molar-refractivity contribution is 5.81. The molecular weight excluding hydrogens is 444 g/mol. The van der Waals surface area contributed by atoms with Crippen LogP contribution in [0.15, 0.2) is 60.7 Å². The Bertz CT molecular complexity index is 1080. The minimum Gasteiger partial charge on any atom is -0.353 e. The van der Waals surface area contributed by atoms with Crippen LogP contribution < -0.4 is 10.6 Å². The number of piperidine rings is 1. The van der Waals surface area contributed by atoms with Crippen LogP contribution in [0.4, 0.5) is 0 Å². The summed E-state index contributed by atoms with van der Waals surface area (Å²) < 4.78 is 0. The molecule has 3 unspecified atom stereocenters. The molecule has 1 aliphatic heterocycles. The number of hydrogen-bond acceptors (Lipinski definition) is 2. The van der Waals surface area contributed by atoms with Crippen molar-refractivity contribution in [3.8, 4) is 0 Å². The fraction of sp³-hybridized carbons (Fsp3) is 0.562. The number of carbonyl (C=O) groups excluding carboxylic acids is 2. The molecule has 2 N–H and O–H groups in total. The molecule has 2 amide bonds. The molecule has 0 bridgehead atoms. The highest BCUT2D eigenvalue weighted by Crippen LogP contribution is 2.65. The van der Waals surface area contributed by atoms with Crippen LogP contribution >= 0.6 is 0 Å². The normalized spacial score (nSPS) is 37.4. The molecule has 3 aliphatic carbocycles. The molecule has 2 aromatic rings. The van der Waals surface area contributed by atoms with Crippen molar-refractivity contribution < 1.29 is 9.59 Å². The topological polar surface area (TPSA) is 58.2 Å². The van der Waals surface area contributed by atoms with E-state index in [4.69, 9.17) is 0 Å². The molecule has 0 radical (unpaired) electrons. The van der Waals surface area contributed by atoms with E-state index in [1.165, 1.54) is 12.8 Å². The van der Waals surface area contributed by atoms with E-state index in [-0.39, 0.29) is 34.6 Å². The largest absolute Gasteiger partial charge is 0.353 e. The van der Waals surface area contributed by atoms with Gasteiger partial charge in [0.1, 0.15) is 0 Å². The van der Waals surface area contributed by atoms with Gasteiger partial charge in [0.15, 0.2) is 0 Å². The number of rotatable bonds is 4. The predicted molar refractivity (Wildman–Crippen MR) is 142 cm³/mol. The quantitative estimate of drug-likeness (QED) is 0.557. The van der Waals surface area contributed by atoms with Gasteiger partial charge >= 0.3 is 0 Å². The average molecular weight is 485 g/mol. The van der Waals surface area contributed by atoms with Gasteiger partial charge in [-0.05, 0) is 84.7 Å². The van der Waals surface area contributed by atoms with E-state index in [1.54, 1.807) is 0 Å². The first-order valence-electron chi connectivity index (χ1n) is 14.1. The summed E-state index contributed by atoms with van der Waals surface area (Å²) in [5.74, 6) is 2.47. The Morgan fingerprint density at radius 1 is 0.833 bits per heavy atom. The molecule has 190 valence electrons. The fourth-order valence-electron chi connectivity index (χ4n) is 9.03. The highest BCUT2D eigenvalue weighted by atomic mass is 16.2. The van der Waals surface area contributed by atoms with Crippen molar-refractivity contribution in [2.24, 2.45) is 34.5 Å². The van der Waals surface area contributed by atoms with E-state index in [1.807, 2.05) is 12.1 Å². The zero-order valence-corrected chi connectivity index (χ0v) is 21.7. The number of fused-ring (bicyclic) bond motifs is 5. The second-order valence-corrected chi connectivity index (χ2v) is 12.5. The Hall–Kier alpha value is -2.62. The molecule has 6 rings (SSSR count). The van der Waals surface area contributed by atoms with Crippen molar-refractivity contribution in [3.05, 3.63) is 71.8 Å². The maximum Gasteiger partial charge on any atom is 0.224 e. The molecule has 36 heavy (non-hydrogen) atoms. The lowest BCUT2D eigenvalue weighted by molar-refractivity contribution is -0.141. The van der Waals surface area contributed by atoms with Gasteiger partial charge in [0, 0.05) is 18.4 Å². The maximum absolute atomic E-state index is 14.0. The summed E-state index contributed by atoms with van der Waals surface area (Å²) in [7, 11) is 0. The van der Waals surface area contributed by atoms with Gasteiger partial charge < -0.3 is 10.6 Å². The smallest absolute Gasteiger partial charge is 0.224 e. The van der Waals surface area contributed by atoms with Gasteiger partial charge in [0.05, 0.1) is 6.04 Å². The maximum atomic E-state index is 14.0. The minimum atomic E-state index is -0.126. The zero-order valence-electron chi connectivity index (χ0n) is 21.7. The summed E-state index contributed by atoms with van der Waals surface area (Å²) in [5.41, 5.74) is 2.53. The summed E-state index contributed by atoms with van der Waals surface area (Å²) in [6, 6.07) is 20.9. The first-order chi connectivity index (χ1) is 17.4. The molecule has 0 aromatic heterocycles. The van der Waals surface area contributed by atoms with Crippen LogP contribution in [0, 0.1) is 34.5 Å². The Balaban J connectivity index is 1.23. The summed E-state index contributed by atoms with van der Waals surface area (Å²) in [6.07, 6.45) is 8.43. The van der Waals surface area contributed by atoms with Gasteiger partial charge in [0.2, 0.25) is 11.8 Å². The molecule has 4 fully saturated rings. The van der Waals surface area contributed by atoms with Crippen LogP contribution in [0.5, 0.6) is 0 Å². The summed E-state index contributed by atoms with van der Waals surface area (Å²) in [5, 5.41) is 6.83. The van der Waals surface area contributed by atoms with Crippen LogP contribution in [0.2, 0.25) is 0 Å². The van der Waals surface area contributed by atoms with Gasteiger partial charge in [-0.25, -0.2) is 0 Å². The zero-order chi connectivity index (χ0) is 24.9. The van der Waals surface area contributed by atoms with Gasteiger partial charge in [-0.3, -0.25) is 9.59 Å².